The van der Waals surface area contributed by atoms with Gasteiger partial charge in [0.2, 0.25) is 5.91 Å². The van der Waals surface area contributed by atoms with Crippen LogP contribution in [0.15, 0.2) is 30.3 Å². The minimum Gasteiger partial charge on any atom is -0.324 e. The van der Waals surface area contributed by atoms with Gasteiger partial charge in [0.25, 0.3) is 0 Å². The maximum Gasteiger partial charge on any atom is 0.245 e. The summed E-state index contributed by atoms with van der Waals surface area (Å²) in [7, 11) is 0. The summed E-state index contributed by atoms with van der Waals surface area (Å²) in [4.78, 5) is 17.2. The Morgan fingerprint density at radius 1 is 1.05 bits per heavy atom. The lowest BCUT2D eigenvalue weighted by Gasteiger charge is -2.24. The summed E-state index contributed by atoms with van der Waals surface area (Å²) in [5, 5.41) is 3.37. The smallest absolute Gasteiger partial charge is 0.245 e. The Labute approximate surface area is 119 Å². The van der Waals surface area contributed by atoms with Crippen molar-refractivity contribution in [1.82, 2.24) is 15.1 Å². The highest BCUT2D eigenvalue weighted by Gasteiger charge is 2.41. The number of rotatable bonds is 3. The van der Waals surface area contributed by atoms with Crippen molar-refractivity contribution < 1.29 is 4.79 Å². The molecule has 2 saturated heterocycles. The van der Waals surface area contributed by atoms with Crippen molar-refractivity contribution in [3.8, 4) is 0 Å². The molecule has 0 bridgehead atoms. The first-order chi connectivity index (χ1) is 9.83. The van der Waals surface area contributed by atoms with Crippen LogP contribution >= 0.6 is 0 Å². The van der Waals surface area contributed by atoms with Gasteiger partial charge in [-0.15, -0.1) is 0 Å². The number of nitrogens with one attached hydrogen (secondary N) is 1. The van der Waals surface area contributed by atoms with Gasteiger partial charge < -0.3 is 4.90 Å². The van der Waals surface area contributed by atoms with E-state index in [0.717, 1.165) is 31.1 Å². The molecule has 2 atom stereocenters. The Morgan fingerprint density at radius 2 is 1.85 bits per heavy atom. The monoisotopic (exact) mass is 271 g/mol. The van der Waals surface area contributed by atoms with Crippen molar-refractivity contribution in [1.29, 1.82) is 0 Å². The Kier molecular flexibility index (Phi) is 3.00. The van der Waals surface area contributed by atoms with Crippen molar-refractivity contribution in [2.45, 2.75) is 37.4 Å². The highest BCUT2D eigenvalue weighted by Crippen LogP contribution is 2.32. The van der Waals surface area contributed by atoms with Gasteiger partial charge in [0.15, 0.2) is 0 Å². The summed E-state index contributed by atoms with van der Waals surface area (Å²) in [6.07, 6.45) is 3.84. The van der Waals surface area contributed by atoms with Crippen LogP contribution in [-0.4, -0.2) is 47.5 Å². The molecule has 106 valence electrons. The zero-order valence-electron chi connectivity index (χ0n) is 11.7. The van der Waals surface area contributed by atoms with Gasteiger partial charge in [-0.2, -0.15) is 0 Å². The molecule has 1 amide bonds. The number of hydrogen-bond donors (Lipinski definition) is 1. The lowest BCUT2D eigenvalue weighted by Crippen LogP contribution is -2.39. The maximum atomic E-state index is 12.6. The van der Waals surface area contributed by atoms with E-state index in [1.807, 2.05) is 30.3 Å². The fourth-order valence-electron chi connectivity index (χ4n) is 3.53. The molecule has 2 unspecified atom stereocenters. The first-order valence-electron chi connectivity index (χ1n) is 7.66. The van der Waals surface area contributed by atoms with Crippen LogP contribution in [0.25, 0.3) is 0 Å². The second-order valence-electron chi connectivity index (χ2n) is 6.18. The van der Waals surface area contributed by atoms with Crippen molar-refractivity contribution in [3.05, 3.63) is 35.9 Å². The molecule has 4 nitrogen and oxygen atoms in total. The van der Waals surface area contributed by atoms with Crippen molar-refractivity contribution >= 4 is 5.91 Å². The molecule has 4 heteroatoms. The molecule has 1 saturated carbocycles. The van der Waals surface area contributed by atoms with E-state index in [1.165, 1.54) is 12.8 Å². The molecule has 4 rings (SSSR count). The predicted molar refractivity (Wildman–Crippen MR) is 77.0 cm³/mol. The average Bonchev–Trinajstić information content (AvgIpc) is 3.09. The lowest BCUT2D eigenvalue weighted by molar-refractivity contribution is -0.130. The second-order valence-corrected chi connectivity index (χ2v) is 6.18. The molecule has 1 aromatic carbocycles. The Morgan fingerprint density at radius 3 is 2.60 bits per heavy atom. The minimum atomic E-state index is -0.147. The van der Waals surface area contributed by atoms with Crippen LogP contribution in [0, 0.1) is 0 Å². The number of carbonyl (C=O) groups excluding carboxylic acids is 1. The fraction of sp³-hybridized carbons (Fsp3) is 0.562. The van der Waals surface area contributed by atoms with E-state index in [1.54, 1.807) is 0 Å². The second kappa shape index (κ2) is 4.86. The van der Waals surface area contributed by atoms with E-state index in [4.69, 9.17) is 0 Å². The summed E-state index contributed by atoms with van der Waals surface area (Å²) >= 11 is 0. The molecule has 1 aliphatic carbocycles. The average molecular weight is 271 g/mol. The lowest BCUT2D eigenvalue weighted by atomic mass is 10.1. The zero-order valence-corrected chi connectivity index (χ0v) is 11.7. The van der Waals surface area contributed by atoms with Gasteiger partial charge in [-0.25, -0.2) is 0 Å². The predicted octanol–water partition coefficient (Wildman–Crippen LogP) is 1.35. The van der Waals surface area contributed by atoms with Crippen LogP contribution in [0.3, 0.4) is 0 Å². The molecule has 1 N–H and O–H groups in total. The van der Waals surface area contributed by atoms with E-state index >= 15 is 0 Å². The van der Waals surface area contributed by atoms with Crippen molar-refractivity contribution in [3.63, 3.8) is 0 Å². The number of benzene rings is 1. The van der Waals surface area contributed by atoms with Crippen LogP contribution in [-0.2, 0) is 4.79 Å². The number of hydrogen-bond acceptors (Lipinski definition) is 3. The maximum absolute atomic E-state index is 12.6. The summed E-state index contributed by atoms with van der Waals surface area (Å²) in [6, 6.07) is 11.1. The van der Waals surface area contributed by atoms with E-state index in [0.29, 0.717) is 12.7 Å². The van der Waals surface area contributed by atoms with Crippen LogP contribution in [0.5, 0.6) is 0 Å². The number of likely N-dealkylation sites (tertiary alicyclic amines) is 1. The van der Waals surface area contributed by atoms with Gasteiger partial charge >= 0.3 is 0 Å². The van der Waals surface area contributed by atoms with Gasteiger partial charge in [0, 0.05) is 25.2 Å². The third kappa shape index (κ3) is 2.13. The Balaban J connectivity index is 1.45. The molecule has 0 spiro atoms. The van der Waals surface area contributed by atoms with Crippen molar-refractivity contribution in [2.24, 2.45) is 0 Å². The van der Waals surface area contributed by atoms with Gasteiger partial charge in [0.1, 0.15) is 6.04 Å². The molecule has 2 aliphatic heterocycles. The summed E-state index contributed by atoms with van der Waals surface area (Å²) in [6.45, 7) is 2.93. The third-order valence-electron chi connectivity index (χ3n) is 4.83. The molecule has 2 heterocycles. The minimum absolute atomic E-state index is 0.147. The first-order valence-corrected chi connectivity index (χ1v) is 7.66. The summed E-state index contributed by atoms with van der Waals surface area (Å²) < 4.78 is 0. The molecule has 0 aromatic heterocycles. The normalized spacial score (nSPS) is 31.2. The van der Waals surface area contributed by atoms with E-state index < -0.39 is 0 Å². The van der Waals surface area contributed by atoms with Gasteiger partial charge in [-0.05, 0) is 24.8 Å². The topological polar surface area (TPSA) is 35.6 Å². The highest BCUT2D eigenvalue weighted by atomic mass is 16.2. The van der Waals surface area contributed by atoms with Gasteiger partial charge in [-0.3, -0.25) is 15.0 Å². The van der Waals surface area contributed by atoms with E-state index in [9.17, 15) is 4.79 Å². The quantitative estimate of drug-likeness (QED) is 0.901. The SMILES string of the molecule is O=C1C(c2ccccc2)NCN1C1CCN(C2CC2)C1. The summed E-state index contributed by atoms with van der Waals surface area (Å²) in [5.41, 5.74) is 1.08. The molecule has 20 heavy (non-hydrogen) atoms. The summed E-state index contributed by atoms with van der Waals surface area (Å²) in [5.74, 6) is 0.249. The molecule has 1 aromatic rings. The number of amides is 1. The third-order valence-corrected chi connectivity index (χ3v) is 4.83. The molecule has 0 radical (unpaired) electrons. The van der Waals surface area contributed by atoms with Crippen LogP contribution in [0.4, 0.5) is 0 Å². The van der Waals surface area contributed by atoms with Gasteiger partial charge in [-0.1, -0.05) is 30.3 Å². The fourth-order valence-corrected chi connectivity index (χ4v) is 3.53. The zero-order chi connectivity index (χ0) is 13.5. The van der Waals surface area contributed by atoms with Crippen LogP contribution < -0.4 is 5.32 Å². The first kappa shape index (κ1) is 12.4. The molecule has 3 aliphatic rings. The van der Waals surface area contributed by atoms with E-state index in [2.05, 4.69) is 15.1 Å². The molecular weight excluding hydrogens is 250 g/mol. The highest BCUT2D eigenvalue weighted by molar-refractivity contribution is 5.85. The number of nitrogens with zero attached hydrogens (tertiary/aromatic N) is 2. The Hall–Kier alpha value is -1.39. The number of carbonyl (C=O) groups is 1. The molecule has 3 fully saturated rings. The van der Waals surface area contributed by atoms with Crippen LogP contribution in [0.1, 0.15) is 30.9 Å². The Bertz CT molecular complexity index is 500. The largest absolute Gasteiger partial charge is 0.324 e. The van der Waals surface area contributed by atoms with Crippen molar-refractivity contribution in [2.75, 3.05) is 19.8 Å². The standard InChI is InChI=1S/C16H21N3O/c20-16-15(12-4-2-1-3-5-12)17-11-19(16)14-8-9-18(10-14)13-6-7-13/h1-5,13-15,17H,6-11H2. The van der Waals surface area contributed by atoms with E-state index in [-0.39, 0.29) is 11.9 Å². The van der Waals surface area contributed by atoms with Crippen LogP contribution in [0.2, 0.25) is 0 Å². The van der Waals surface area contributed by atoms with Gasteiger partial charge in [0.05, 0.1) is 6.67 Å². The molecular formula is C16H21N3O.